The fourth-order valence-electron chi connectivity index (χ4n) is 1.17. The molecule has 1 amide bonds. The van der Waals surface area contributed by atoms with Crippen molar-refractivity contribution in [2.45, 2.75) is 6.92 Å². The van der Waals surface area contributed by atoms with Crippen LogP contribution in [0.3, 0.4) is 0 Å². The second-order valence-electron chi connectivity index (χ2n) is 2.98. The van der Waals surface area contributed by atoms with Crippen LogP contribution in [-0.4, -0.2) is 32.3 Å². The summed E-state index contributed by atoms with van der Waals surface area (Å²) in [6, 6.07) is 3.25. The second kappa shape index (κ2) is 5.19. The summed E-state index contributed by atoms with van der Waals surface area (Å²) in [7, 11) is 1.58. The number of carbonyl (C=O) groups excluding carboxylic acids is 2. The van der Waals surface area contributed by atoms with E-state index >= 15 is 0 Å². The number of carbonyl (C=O) groups is 2. The van der Waals surface area contributed by atoms with E-state index in [4.69, 9.17) is 4.42 Å². The number of aldehydes is 1. The van der Waals surface area contributed by atoms with Gasteiger partial charge in [-0.1, -0.05) is 0 Å². The summed E-state index contributed by atoms with van der Waals surface area (Å²) in [6.45, 7) is 2.77. The molecule has 0 aliphatic heterocycles. The van der Waals surface area contributed by atoms with E-state index in [2.05, 4.69) is 5.32 Å². The second-order valence-corrected chi connectivity index (χ2v) is 2.98. The van der Waals surface area contributed by atoms with E-state index < -0.39 is 0 Å². The van der Waals surface area contributed by atoms with Crippen LogP contribution in [0.4, 0.5) is 5.88 Å². The van der Waals surface area contributed by atoms with Gasteiger partial charge >= 0.3 is 0 Å². The molecule has 1 N–H and O–H groups in total. The van der Waals surface area contributed by atoms with Crippen LogP contribution in [0.5, 0.6) is 0 Å². The Bertz CT molecular complexity index is 346. The minimum Gasteiger partial charge on any atom is -0.438 e. The van der Waals surface area contributed by atoms with Gasteiger partial charge in [0.25, 0.3) is 0 Å². The predicted molar refractivity (Wildman–Crippen MR) is 56.0 cm³/mol. The number of hydrogen-bond acceptors (Lipinski definition) is 4. The monoisotopic (exact) mass is 210 g/mol. The van der Waals surface area contributed by atoms with Crippen LogP contribution in [0.2, 0.25) is 0 Å². The molecular formula is C10H14N2O3. The molecule has 0 aromatic carbocycles. The summed E-state index contributed by atoms with van der Waals surface area (Å²) < 4.78 is 5.21. The summed E-state index contributed by atoms with van der Waals surface area (Å²) in [6.07, 6.45) is 0.636. The van der Waals surface area contributed by atoms with Gasteiger partial charge in [-0.05, 0) is 13.0 Å². The number of nitrogens with zero attached hydrogens (tertiary/aromatic N) is 1. The fourth-order valence-corrected chi connectivity index (χ4v) is 1.17. The Morgan fingerprint density at radius 2 is 2.33 bits per heavy atom. The van der Waals surface area contributed by atoms with Crippen molar-refractivity contribution in [2.24, 2.45) is 0 Å². The molecule has 15 heavy (non-hydrogen) atoms. The molecule has 1 heterocycles. The van der Waals surface area contributed by atoms with E-state index in [1.165, 1.54) is 0 Å². The van der Waals surface area contributed by atoms with Crippen LogP contribution in [0.1, 0.15) is 17.5 Å². The third-order valence-corrected chi connectivity index (χ3v) is 2.04. The molecule has 0 saturated heterocycles. The van der Waals surface area contributed by atoms with Crippen molar-refractivity contribution in [3.05, 3.63) is 17.9 Å². The normalized spacial score (nSPS) is 9.73. The summed E-state index contributed by atoms with van der Waals surface area (Å²) in [5.41, 5.74) is 0. The molecule has 82 valence electrons. The van der Waals surface area contributed by atoms with Gasteiger partial charge in [0, 0.05) is 19.7 Å². The number of rotatable bonds is 5. The molecule has 0 unspecified atom stereocenters. The molecule has 0 radical (unpaired) electrons. The van der Waals surface area contributed by atoms with Gasteiger partial charge in [-0.15, -0.1) is 0 Å². The minimum atomic E-state index is -0.0964. The van der Waals surface area contributed by atoms with Crippen molar-refractivity contribution < 1.29 is 14.0 Å². The van der Waals surface area contributed by atoms with Gasteiger partial charge < -0.3 is 14.6 Å². The van der Waals surface area contributed by atoms with E-state index in [0.29, 0.717) is 18.7 Å². The number of furan rings is 1. The van der Waals surface area contributed by atoms with Gasteiger partial charge in [0.05, 0.1) is 6.54 Å². The summed E-state index contributed by atoms with van der Waals surface area (Å²) in [5, 5.41) is 2.53. The third-order valence-electron chi connectivity index (χ3n) is 2.04. The number of amides is 1. The lowest BCUT2D eigenvalue weighted by Gasteiger charge is -2.18. The maximum absolute atomic E-state index is 11.2. The average Bonchev–Trinajstić information content (AvgIpc) is 2.73. The van der Waals surface area contributed by atoms with Crippen molar-refractivity contribution >= 4 is 18.1 Å². The van der Waals surface area contributed by atoms with Gasteiger partial charge in [0.2, 0.25) is 5.91 Å². The molecule has 0 fully saturated rings. The van der Waals surface area contributed by atoms with Crippen molar-refractivity contribution in [2.75, 3.05) is 25.0 Å². The summed E-state index contributed by atoms with van der Waals surface area (Å²) in [4.78, 5) is 23.3. The fraction of sp³-hybridized carbons (Fsp3) is 0.400. The van der Waals surface area contributed by atoms with E-state index in [-0.39, 0.29) is 18.2 Å². The molecule has 0 spiro atoms. The van der Waals surface area contributed by atoms with Crippen LogP contribution in [0.25, 0.3) is 0 Å². The average molecular weight is 210 g/mol. The smallest absolute Gasteiger partial charge is 0.239 e. The van der Waals surface area contributed by atoms with Crippen LogP contribution in [-0.2, 0) is 4.79 Å². The van der Waals surface area contributed by atoms with Gasteiger partial charge in [0.15, 0.2) is 17.9 Å². The van der Waals surface area contributed by atoms with E-state index in [0.717, 1.165) is 0 Å². The highest BCUT2D eigenvalue weighted by Gasteiger charge is 2.12. The Labute approximate surface area is 88.0 Å². The molecular weight excluding hydrogens is 196 g/mol. The lowest BCUT2D eigenvalue weighted by Crippen LogP contribution is -2.35. The quantitative estimate of drug-likeness (QED) is 0.725. The molecule has 0 aliphatic carbocycles. The molecule has 5 nitrogen and oxygen atoms in total. The van der Waals surface area contributed by atoms with Crippen molar-refractivity contribution in [1.82, 2.24) is 5.32 Å². The number of anilines is 1. The van der Waals surface area contributed by atoms with E-state index in [1.54, 1.807) is 24.1 Å². The predicted octanol–water partition coefficient (Wildman–Crippen LogP) is 0.664. The lowest BCUT2D eigenvalue weighted by molar-refractivity contribution is -0.119. The molecule has 1 aromatic rings. The first-order chi connectivity index (χ1) is 7.21. The Kier molecular flexibility index (Phi) is 3.91. The van der Waals surface area contributed by atoms with Gasteiger partial charge in [0.1, 0.15) is 0 Å². The van der Waals surface area contributed by atoms with E-state index in [1.807, 2.05) is 6.92 Å². The Morgan fingerprint density at radius 3 is 2.80 bits per heavy atom. The first-order valence-electron chi connectivity index (χ1n) is 4.71. The Balaban J connectivity index is 2.73. The zero-order valence-corrected chi connectivity index (χ0v) is 8.82. The van der Waals surface area contributed by atoms with Crippen LogP contribution in [0, 0.1) is 0 Å². The summed E-state index contributed by atoms with van der Waals surface area (Å²) >= 11 is 0. The molecule has 0 saturated carbocycles. The molecule has 0 aliphatic rings. The first-order valence-corrected chi connectivity index (χ1v) is 4.71. The minimum absolute atomic E-state index is 0.0964. The highest BCUT2D eigenvalue weighted by Crippen LogP contribution is 2.16. The maximum atomic E-state index is 11.2. The molecule has 5 heteroatoms. The standard InChI is InChI=1S/C10H14N2O3/c1-3-12(6-9(14)11-2)10-5-4-8(7-13)15-10/h4-5,7H,3,6H2,1-2H3,(H,11,14). The Morgan fingerprint density at radius 1 is 1.60 bits per heavy atom. The maximum Gasteiger partial charge on any atom is 0.239 e. The third kappa shape index (κ3) is 2.83. The molecule has 0 bridgehead atoms. The zero-order chi connectivity index (χ0) is 11.3. The first kappa shape index (κ1) is 11.3. The zero-order valence-electron chi connectivity index (χ0n) is 8.82. The largest absolute Gasteiger partial charge is 0.438 e. The molecule has 1 rings (SSSR count). The Hall–Kier alpha value is -1.78. The molecule has 1 aromatic heterocycles. The lowest BCUT2D eigenvalue weighted by atomic mass is 10.4. The van der Waals surface area contributed by atoms with Crippen molar-refractivity contribution in [3.63, 3.8) is 0 Å². The van der Waals surface area contributed by atoms with Crippen molar-refractivity contribution in [1.29, 1.82) is 0 Å². The van der Waals surface area contributed by atoms with Crippen LogP contribution >= 0.6 is 0 Å². The SMILES string of the molecule is CCN(CC(=O)NC)c1ccc(C=O)o1. The van der Waals surface area contributed by atoms with Gasteiger partial charge in [-0.25, -0.2) is 0 Å². The highest BCUT2D eigenvalue weighted by molar-refractivity contribution is 5.80. The summed E-state index contributed by atoms with van der Waals surface area (Å²) in [5.74, 6) is 0.699. The van der Waals surface area contributed by atoms with Crippen LogP contribution < -0.4 is 10.2 Å². The topological polar surface area (TPSA) is 62.6 Å². The number of hydrogen-bond donors (Lipinski definition) is 1. The van der Waals surface area contributed by atoms with Gasteiger partial charge in [-0.2, -0.15) is 0 Å². The van der Waals surface area contributed by atoms with Gasteiger partial charge in [-0.3, -0.25) is 9.59 Å². The number of nitrogens with one attached hydrogen (secondary N) is 1. The van der Waals surface area contributed by atoms with E-state index in [9.17, 15) is 9.59 Å². The molecule has 0 atom stereocenters. The number of likely N-dealkylation sites (N-methyl/N-ethyl adjacent to an activating group) is 2. The van der Waals surface area contributed by atoms with Crippen molar-refractivity contribution in [3.8, 4) is 0 Å². The highest BCUT2D eigenvalue weighted by atomic mass is 16.4. The van der Waals surface area contributed by atoms with Crippen LogP contribution in [0.15, 0.2) is 16.5 Å².